The fourth-order valence-electron chi connectivity index (χ4n) is 5.04. The molecule has 1 aromatic carbocycles. The van der Waals surface area contributed by atoms with E-state index in [0.717, 1.165) is 30.3 Å². The molecule has 222 valence electrons. The molecule has 2 amide bonds. The summed E-state index contributed by atoms with van der Waals surface area (Å²) in [5.74, 6) is 3.06. The van der Waals surface area contributed by atoms with Gasteiger partial charge in [0.15, 0.2) is 8.32 Å². The highest BCUT2D eigenvalue weighted by molar-refractivity contribution is 8.00. The normalized spacial score (nSPS) is 24.4. The summed E-state index contributed by atoms with van der Waals surface area (Å²) in [4.78, 5) is 43.4. The van der Waals surface area contributed by atoms with Gasteiger partial charge in [0, 0.05) is 55.6 Å². The van der Waals surface area contributed by atoms with Crippen LogP contribution in [0.5, 0.6) is 0 Å². The first-order valence-electron chi connectivity index (χ1n) is 13.9. The predicted molar refractivity (Wildman–Crippen MR) is 162 cm³/mol. The van der Waals surface area contributed by atoms with Crippen LogP contribution in [0.4, 0.5) is 10.5 Å². The van der Waals surface area contributed by atoms with Crippen molar-refractivity contribution in [3.05, 3.63) is 39.9 Å². The smallest absolute Gasteiger partial charge is 0.410 e. The van der Waals surface area contributed by atoms with Crippen molar-refractivity contribution < 1.29 is 23.7 Å². The summed E-state index contributed by atoms with van der Waals surface area (Å²) in [5.41, 5.74) is 0.669. The largest absolute Gasteiger partial charge is 0.445 e. The number of nitro benzene ring substituents is 1. The minimum absolute atomic E-state index is 0.00775. The maximum atomic E-state index is 13.5. The number of thioether (sulfide) groups is 2. The zero-order valence-corrected chi connectivity index (χ0v) is 26.8. The van der Waals surface area contributed by atoms with Gasteiger partial charge in [-0.2, -0.15) is 11.8 Å². The van der Waals surface area contributed by atoms with Crippen LogP contribution in [0.2, 0.25) is 18.1 Å². The molecule has 0 aromatic heterocycles. The average Bonchev–Trinajstić information content (AvgIpc) is 3.54. The van der Waals surface area contributed by atoms with Crippen molar-refractivity contribution in [3.63, 3.8) is 0 Å². The molecular weight excluding hydrogens is 569 g/mol. The molecule has 3 fully saturated rings. The molecule has 0 spiro atoms. The molecule has 3 atom stereocenters. The molecule has 3 aliphatic rings. The van der Waals surface area contributed by atoms with Crippen molar-refractivity contribution in [2.75, 3.05) is 50.0 Å². The van der Waals surface area contributed by atoms with Crippen molar-refractivity contribution in [1.29, 1.82) is 0 Å². The van der Waals surface area contributed by atoms with Crippen LogP contribution in [0.15, 0.2) is 24.3 Å². The summed E-state index contributed by atoms with van der Waals surface area (Å²) in [6.45, 7) is 14.4. The zero-order valence-electron chi connectivity index (χ0n) is 24.2. The Hall–Kier alpha value is -1.80. The average molecular weight is 611 g/mol. The molecule has 0 N–H and O–H groups in total. The number of nitrogens with zero attached hydrogens (tertiary/aromatic N) is 4. The van der Waals surface area contributed by atoms with Gasteiger partial charge >= 0.3 is 6.09 Å². The first-order chi connectivity index (χ1) is 18.9. The quantitative estimate of drug-likeness (QED) is 0.236. The number of likely N-dealkylation sites (tertiary alicyclic amines) is 1. The van der Waals surface area contributed by atoms with Crippen molar-refractivity contribution in [2.24, 2.45) is 0 Å². The second kappa shape index (κ2) is 13.0. The lowest BCUT2D eigenvalue weighted by atomic mass is 10.1. The highest BCUT2D eigenvalue weighted by Crippen LogP contribution is 2.41. The third kappa shape index (κ3) is 7.52. The molecule has 3 unspecified atom stereocenters. The summed E-state index contributed by atoms with van der Waals surface area (Å²) >= 11 is 3.65. The van der Waals surface area contributed by atoms with Gasteiger partial charge in [0.2, 0.25) is 5.91 Å². The van der Waals surface area contributed by atoms with Crippen molar-refractivity contribution in [1.82, 2.24) is 14.7 Å². The van der Waals surface area contributed by atoms with Gasteiger partial charge in [-0.1, -0.05) is 20.8 Å². The molecule has 3 heterocycles. The Morgan fingerprint density at radius 1 is 1.07 bits per heavy atom. The maximum absolute atomic E-state index is 13.5. The van der Waals surface area contributed by atoms with E-state index in [1.807, 2.05) is 16.7 Å². The highest BCUT2D eigenvalue weighted by atomic mass is 32.2. The Balaban J connectivity index is 1.48. The first kappa shape index (κ1) is 31.1. The Kier molecular flexibility index (Phi) is 10.1. The van der Waals surface area contributed by atoms with Crippen LogP contribution >= 0.6 is 23.5 Å². The zero-order chi connectivity index (χ0) is 29.1. The Bertz CT molecular complexity index is 1060. The topological polar surface area (TPSA) is 105 Å². The number of carbonyl (C=O) groups is 2. The van der Waals surface area contributed by atoms with E-state index in [-0.39, 0.29) is 40.8 Å². The molecule has 0 bridgehead atoms. The van der Waals surface area contributed by atoms with Gasteiger partial charge in [0.05, 0.1) is 29.0 Å². The van der Waals surface area contributed by atoms with Crippen LogP contribution in [0.1, 0.15) is 32.8 Å². The summed E-state index contributed by atoms with van der Waals surface area (Å²) in [7, 11) is -2.09. The molecule has 0 radical (unpaired) electrons. The van der Waals surface area contributed by atoms with E-state index in [0.29, 0.717) is 31.6 Å². The third-order valence-corrected chi connectivity index (χ3v) is 15.2. The summed E-state index contributed by atoms with van der Waals surface area (Å²) in [6, 6.07) is 5.80. The molecule has 4 rings (SSSR count). The van der Waals surface area contributed by atoms with Crippen LogP contribution in [-0.2, 0) is 20.6 Å². The summed E-state index contributed by atoms with van der Waals surface area (Å²) < 4.78 is 12.5. The molecule has 3 aliphatic heterocycles. The van der Waals surface area contributed by atoms with Gasteiger partial charge in [-0.15, -0.1) is 11.8 Å². The molecule has 3 saturated heterocycles. The monoisotopic (exact) mass is 610 g/mol. The minimum atomic E-state index is -2.09. The van der Waals surface area contributed by atoms with Crippen LogP contribution < -0.4 is 0 Å². The number of hydrogen-bond acceptors (Lipinski definition) is 9. The van der Waals surface area contributed by atoms with E-state index in [1.54, 1.807) is 28.8 Å². The van der Waals surface area contributed by atoms with E-state index >= 15 is 0 Å². The maximum Gasteiger partial charge on any atom is 0.410 e. The van der Waals surface area contributed by atoms with Gasteiger partial charge < -0.3 is 14.1 Å². The fraction of sp³-hybridized carbons (Fsp3) is 0.704. The molecule has 0 aliphatic carbocycles. The van der Waals surface area contributed by atoms with E-state index in [1.165, 1.54) is 12.1 Å². The molecule has 40 heavy (non-hydrogen) atoms. The Labute approximate surface area is 246 Å². The van der Waals surface area contributed by atoms with Crippen molar-refractivity contribution in [3.8, 4) is 0 Å². The SMILES string of the molecule is CC(C)(C)[Si](C)(C)OC1CC(C2SCCN2C(=O)CN2CCSCC2)N(C(=O)OCc2ccc([N+](=O)[O-])cc2)C1. The number of benzene rings is 1. The number of rotatable bonds is 8. The predicted octanol–water partition coefficient (Wildman–Crippen LogP) is 4.65. The van der Waals surface area contributed by atoms with E-state index in [4.69, 9.17) is 9.16 Å². The van der Waals surface area contributed by atoms with Gasteiger partial charge in [0.25, 0.3) is 5.69 Å². The first-order valence-corrected chi connectivity index (χ1v) is 19.0. The second-order valence-electron chi connectivity index (χ2n) is 12.2. The molecular formula is C27H42N4O6S2Si. The lowest BCUT2D eigenvalue weighted by Crippen LogP contribution is -2.51. The lowest BCUT2D eigenvalue weighted by Gasteiger charge is -2.38. The molecule has 13 heteroatoms. The van der Waals surface area contributed by atoms with Crippen molar-refractivity contribution in [2.45, 2.75) is 69.5 Å². The van der Waals surface area contributed by atoms with Crippen LogP contribution in [0, 0.1) is 10.1 Å². The summed E-state index contributed by atoms with van der Waals surface area (Å²) in [5, 5.41) is 10.8. The van der Waals surface area contributed by atoms with Gasteiger partial charge in [0.1, 0.15) is 6.61 Å². The number of amides is 2. The van der Waals surface area contributed by atoms with Gasteiger partial charge in [-0.25, -0.2) is 4.79 Å². The number of nitro groups is 1. The van der Waals surface area contributed by atoms with E-state index in [2.05, 4.69) is 38.8 Å². The number of hydrogen-bond donors (Lipinski definition) is 0. The minimum Gasteiger partial charge on any atom is -0.445 e. The number of ether oxygens (including phenoxy) is 1. The fourth-order valence-corrected chi connectivity index (χ4v) is 8.81. The second-order valence-corrected chi connectivity index (χ2v) is 19.4. The number of non-ortho nitro benzene ring substituents is 1. The number of carbonyl (C=O) groups excluding carboxylic acids is 2. The van der Waals surface area contributed by atoms with E-state index < -0.39 is 19.3 Å². The Morgan fingerprint density at radius 2 is 1.75 bits per heavy atom. The summed E-state index contributed by atoms with van der Waals surface area (Å²) in [6.07, 6.45) is 0.0775. The molecule has 1 aromatic rings. The van der Waals surface area contributed by atoms with Gasteiger partial charge in [-0.05, 0) is 42.2 Å². The van der Waals surface area contributed by atoms with Crippen molar-refractivity contribution >= 4 is 49.5 Å². The van der Waals surface area contributed by atoms with E-state index in [9.17, 15) is 19.7 Å². The van der Waals surface area contributed by atoms with Crippen LogP contribution in [-0.4, -0.2) is 107 Å². The lowest BCUT2D eigenvalue weighted by molar-refractivity contribution is -0.384. The standard InChI is InChI=1S/C27H42N4O6S2Si/c1-27(2,3)40(4,5)37-22-16-23(25-29(12-15-39-25)24(32)18-28-10-13-38-14-11-28)30(17-22)26(33)36-19-20-6-8-21(9-7-20)31(34)35/h6-9,22-23,25H,10-19H2,1-5H3. The molecule has 0 saturated carbocycles. The highest BCUT2D eigenvalue weighted by Gasteiger charge is 2.49. The third-order valence-electron chi connectivity index (χ3n) is 8.36. The van der Waals surface area contributed by atoms with Crippen LogP contribution in [0.3, 0.4) is 0 Å². The van der Waals surface area contributed by atoms with Crippen LogP contribution in [0.25, 0.3) is 0 Å². The Morgan fingerprint density at radius 3 is 2.38 bits per heavy atom. The van der Waals surface area contributed by atoms with Gasteiger partial charge in [-0.3, -0.25) is 24.7 Å². The molecule has 10 nitrogen and oxygen atoms in total.